The number of nitrogens with zero attached hydrogens (tertiary/aromatic N) is 2. The van der Waals surface area contributed by atoms with Gasteiger partial charge in [-0.2, -0.15) is 0 Å². The number of benzene rings is 2. The molecule has 2 nitrogen and oxygen atoms in total. The minimum absolute atomic E-state index is 0.250. The molecule has 0 aliphatic carbocycles. The maximum atomic E-state index is 5.29. The molecule has 1 aliphatic rings. The number of hydrogen-bond acceptors (Lipinski definition) is 3. The minimum atomic E-state index is 0.250. The van der Waals surface area contributed by atoms with Gasteiger partial charge in [0.25, 0.3) is 0 Å². The van der Waals surface area contributed by atoms with Crippen molar-refractivity contribution >= 4 is 17.6 Å². The van der Waals surface area contributed by atoms with Gasteiger partial charge in [0.2, 0.25) is 0 Å². The van der Waals surface area contributed by atoms with Gasteiger partial charge in [-0.1, -0.05) is 72.9 Å². The lowest BCUT2D eigenvalue weighted by Gasteiger charge is -2.27. The van der Waals surface area contributed by atoms with Gasteiger partial charge >= 0.3 is 0 Å². The summed E-state index contributed by atoms with van der Waals surface area (Å²) in [6.07, 6.45) is 0.250. The molecule has 1 fully saturated rings. The smallest absolute Gasteiger partial charge is 0.0926 e. The molecule has 0 saturated carbocycles. The Morgan fingerprint density at radius 2 is 1.24 bits per heavy atom. The molecule has 21 heavy (non-hydrogen) atoms. The SMILES string of the molecule is S=CC1N(Cc2ccccc2)CCN1Cc1ccccc1. The maximum absolute atomic E-state index is 5.29. The van der Waals surface area contributed by atoms with Crippen molar-refractivity contribution in [2.75, 3.05) is 13.1 Å². The topological polar surface area (TPSA) is 6.48 Å². The van der Waals surface area contributed by atoms with E-state index in [0.29, 0.717) is 0 Å². The van der Waals surface area contributed by atoms with Crippen molar-refractivity contribution in [2.24, 2.45) is 0 Å². The van der Waals surface area contributed by atoms with Crippen LogP contribution in [0.15, 0.2) is 60.7 Å². The molecule has 0 bridgehead atoms. The van der Waals surface area contributed by atoms with Gasteiger partial charge < -0.3 is 0 Å². The third-order valence-corrected chi connectivity index (χ3v) is 4.24. The lowest BCUT2D eigenvalue weighted by Crippen LogP contribution is -2.38. The molecule has 0 atom stereocenters. The van der Waals surface area contributed by atoms with E-state index in [9.17, 15) is 0 Å². The van der Waals surface area contributed by atoms with E-state index in [0.717, 1.165) is 26.2 Å². The average molecular weight is 296 g/mol. The fourth-order valence-corrected chi connectivity index (χ4v) is 3.25. The van der Waals surface area contributed by atoms with Gasteiger partial charge in [0, 0.05) is 31.5 Å². The molecule has 0 radical (unpaired) electrons. The van der Waals surface area contributed by atoms with Gasteiger partial charge in [-0.05, 0) is 11.1 Å². The summed E-state index contributed by atoms with van der Waals surface area (Å²) in [6, 6.07) is 21.2. The van der Waals surface area contributed by atoms with Crippen LogP contribution in [0.3, 0.4) is 0 Å². The summed E-state index contributed by atoms with van der Waals surface area (Å²) in [5.74, 6) is 0. The molecule has 1 heterocycles. The summed E-state index contributed by atoms with van der Waals surface area (Å²) in [6.45, 7) is 4.06. The van der Waals surface area contributed by atoms with Crippen molar-refractivity contribution in [2.45, 2.75) is 19.3 Å². The van der Waals surface area contributed by atoms with E-state index < -0.39 is 0 Å². The molecular weight excluding hydrogens is 276 g/mol. The highest BCUT2D eigenvalue weighted by atomic mass is 32.1. The molecule has 0 aromatic heterocycles. The molecule has 2 aromatic carbocycles. The van der Waals surface area contributed by atoms with Crippen LogP contribution in [0.4, 0.5) is 0 Å². The van der Waals surface area contributed by atoms with Crippen LogP contribution < -0.4 is 0 Å². The Bertz CT molecular complexity index is 521. The molecule has 3 rings (SSSR count). The summed E-state index contributed by atoms with van der Waals surface area (Å²) in [5.41, 5.74) is 2.70. The molecule has 0 unspecified atom stereocenters. The second-order valence-electron chi connectivity index (χ2n) is 5.46. The van der Waals surface area contributed by atoms with Crippen LogP contribution in [0.1, 0.15) is 11.1 Å². The second-order valence-corrected chi connectivity index (χ2v) is 5.73. The third kappa shape index (κ3) is 3.56. The fraction of sp³-hybridized carbons (Fsp3) is 0.278. The fourth-order valence-electron chi connectivity index (χ4n) is 2.91. The summed E-state index contributed by atoms with van der Waals surface area (Å²) < 4.78 is 0. The van der Waals surface area contributed by atoms with Crippen molar-refractivity contribution < 1.29 is 0 Å². The molecule has 3 heteroatoms. The lowest BCUT2D eigenvalue weighted by molar-refractivity contribution is 0.189. The standard InChI is InChI=1S/C18H20N2S/c21-15-18-19(13-16-7-3-1-4-8-16)11-12-20(18)14-17-9-5-2-6-10-17/h1-10,15,18H,11-14H2. The van der Waals surface area contributed by atoms with E-state index >= 15 is 0 Å². The van der Waals surface area contributed by atoms with E-state index in [1.807, 2.05) is 5.37 Å². The van der Waals surface area contributed by atoms with Crippen LogP contribution in [0.2, 0.25) is 0 Å². The molecule has 2 aromatic rings. The Balaban J connectivity index is 1.67. The van der Waals surface area contributed by atoms with Crippen molar-refractivity contribution in [1.82, 2.24) is 9.80 Å². The Morgan fingerprint density at radius 1 is 0.810 bits per heavy atom. The summed E-state index contributed by atoms with van der Waals surface area (Å²) in [4.78, 5) is 4.90. The zero-order chi connectivity index (χ0) is 14.5. The van der Waals surface area contributed by atoms with Crippen LogP contribution in [0, 0.1) is 0 Å². The summed E-state index contributed by atoms with van der Waals surface area (Å²) >= 11 is 5.29. The van der Waals surface area contributed by atoms with E-state index in [1.54, 1.807) is 0 Å². The second kappa shape index (κ2) is 6.94. The van der Waals surface area contributed by atoms with Crippen molar-refractivity contribution in [3.05, 3.63) is 71.8 Å². The monoisotopic (exact) mass is 296 g/mol. The maximum Gasteiger partial charge on any atom is 0.0926 e. The highest BCUT2D eigenvalue weighted by molar-refractivity contribution is 7.79. The van der Waals surface area contributed by atoms with Gasteiger partial charge in [-0.15, -0.1) is 0 Å². The van der Waals surface area contributed by atoms with E-state index in [2.05, 4.69) is 70.5 Å². The molecule has 0 spiro atoms. The quantitative estimate of drug-likeness (QED) is 0.782. The van der Waals surface area contributed by atoms with Crippen LogP contribution in [0.5, 0.6) is 0 Å². The zero-order valence-corrected chi connectivity index (χ0v) is 12.9. The highest BCUT2D eigenvalue weighted by Gasteiger charge is 2.29. The molecule has 1 aliphatic heterocycles. The zero-order valence-electron chi connectivity index (χ0n) is 12.1. The van der Waals surface area contributed by atoms with Gasteiger partial charge in [0.05, 0.1) is 6.17 Å². The largest absolute Gasteiger partial charge is 0.278 e. The van der Waals surface area contributed by atoms with Gasteiger partial charge in [0.1, 0.15) is 0 Å². The number of hydrogen-bond donors (Lipinski definition) is 0. The Kier molecular flexibility index (Phi) is 4.76. The Labute approximate surface area is 132 Å². The molecular formula is C18H20N2S. The first-order valence-electron chi connectivity index (χ1n) is 7.38. The highest BCUT2D eigenvalue weighted by Crippen LogP contribution is 2.19. The first-order valence-corrected chi connectivity index (χ1v) is 7.85. The van der Waals surface area contributed by atoms with E-state index in [1.165, 1.54) is 11.1 Å². The van der Waals surface area contributed by atoms with Gasteiger partial charge in [0.15, 0.2) is 0 Å². The lowest BCUT2D eigenvalue weighted by atomic mass is 10.2. The molecule has 0 N–H and O–H groups in total. The van der Waals surface area contributed by atoms with Crippen LogP contribution in [0.25, 0.3) is 0 Å². The normalized spacial score (nSPS) is 17.1. The summed E-state index contributed by atoms with van der Waals surface area (Å²) in [7, 11) is 0. The molecule has 0 amide bonds. The van der Waals surface area contributed by atoms with E-state index in [-0.39, 0.29) is 6.17 Å². The molecule has 108 valence electrons. The van der Waals surface area contributed by atoms with Crippen molar-refractivity contribution in [1.29, 1.82) is 0 Å². The van der Waals surface area contributed by atoms with Crippen molar-refractivity contribution in [3.8, 4) is 0 Å². The number of thiocarbonyl (C=S) groups is 1. The Hall–Kier alpha value is -1.55. The summed E-state index contributed by atoms with van der Waals surface area (Å²) in [5, 5.41) is 1.90. The molecule has 1 saturated heterocycles. The van der Waals surface area contributed by atoms with Gasteiger partial charge in [-0.3, -0.25) is 9.80 Å². The predicted molar refractivity (Wildman–Crippen MR) is 91.1 cm³/mol. The predicted octanol–water partition coefficient (Wildman–Crippen LogP) is 3.33. The van der Waals surface area contributed by atoms with Gasteiger partial charge in [-0.25, -0.2) is 0 Å². The minimum Gasteiger partial charge on any atom is -0.278 e. The Morgan fingerprint density at radius 3 is 1.62 bits per heavy atom. The first-order chi connectivity index (χ1) is 10.4. The number of rotatable bonds is 5. The average Bonchev–Trinajstić information content (AvgIpc) is 2.91. The van der Waals surface area contributed by atoms with Crippen LogP contribution in [-0.4, -0.2) is 34.4 Å². The van der Waals surface area contributed by atoms with Crippen LogP contribution in [-0.2, 0) is 13.1 Å². The van der Waals surface area contributed by atoms with Crippen LogP contribution >= 0.6 is 12.2 Å². The van der Waals surface area contributed by atoms with E-state index in [4.69, 9.17) is 12.2 Å². The first kappa shape index (κ1) is 14.4. The van der Waals surface area contributed by atoms with Crippen molar-refractivity contribution in [3.63, 3.8) is 0 Å². The third-order valence-electron chi connectivity index (χ3n) is 4.00.